The molecule has 2 rings (SSSR count). The first kappa shape index (κ1) is 13.7. The molecular formula is C12H15N3O3S. The number of hydrogen-bond acceptors (Lipinski definition) is 5. The fourth-order valence-corrected chi connectivity index (χ4v) is 2.34. The molecule has 0 aliphatic rings. The molecule has 102 valence electrons. The monoisotopic (exact) mass is 281 g/mol. The average Bonchev–Trinajstić information content (AvgIpc) is 2.81. The molecule has 0 aliphatic carbocycles. The fraction of sp³-hybridized carbons (Fsp3) is 0.417. The van der Waals surface area contributed by atoms with Gasteiger partial charge in [0.15, 0.2) is 0 Å². The zero-order valence-corrected chi connectivity index (χ0v) is 11.5. The highest BCUT2D eigenvalue weighted by Crippen LogP contribution is 2.13. The Morgan fingerprint density at radius 2 is 2.32 bits per heavy atom. The Morgan fingerprint density at radius 1 is 1.58 bits per heavy atom. The Labute approximate surface area is 113 Å². The molecule has 2 aromatic heterocycles. The first-order valence-electron chi connectivity index (χ1n) is 5.77. The van der Waals surface area contributed by atoms with E-state index in [4.69, 9.17) is 5.11 Å². The first-order valence-corrected chi connectivity index (χ1v) is 6.65. The summed E-state index contributed by atoms with van der Waals surface area (Å²) in [5.74, 6) is -0.336. The van der Waals surface area contributed by atoms with Gasteiger partial charge in [-0.1, -0.05) is 0 Å². The molecule has 0 saturated heterocycles. The lowest BCUT2D eigenvalue weighted by atomic mass is 10.1. The molecule has 0 radical (unpaired) electrons. The summed E-state index contributed by atoms with van der Waals surface area (Å²) in [6.07, 6.45) is 1.37. The number of aliphatic hydroxyl groups excluding tert-OH is 1. The maximum absolute atomic E-state index is 12.1. The molecular weight excluding hydrogens is 266 g/mol. The van der Waals surface area contributed by atoms with E-state index in [9.17, 15) is 9.59 Å². The second-order valence-corrected chi connectivity index (χ2v) is 5.80. The Morgan fingerprint density at radius 3 is 3.00 bits per heavy atom. The quantitative estimate of drug-likeness (QED) is 0.846. The van der Waals surface area contributed by atoms with Crippen molar-refractivity contribution in [1.82, 2.24) is 14.9 Å². The molecule has 2 N–H and O–H groups in total. The van der Waals surface area contributed by atoms with Gasteiger partial charge in [-0.15, -0.1) is 11.3 Å². The van der Waals surface area contributed by atoms with E-state index < -0.39 is 5.54 Å². The Kier molecular flexibility index (Phi) is 3.68. The third kappa shape index (κ3) is 2.99. The van der Waals surface area contributed by atoms with Crippen molar-refractivity contribution in [3.63, 3.8) is 0 Å². The maximum Gasteiger partial charge on any atom is 0.262 e. The topological polar surface area (TPSA) is 84.2 Å². The minimum Gasteiger partial charge on any atom is -0.394 e. The number of aromatic nitrogens is 2. The van der Waals surface area contributed by atoms with Gasteiger partial charge in [-0.05, 0) is 25.3 Å². The summed E-state index contributed by atoms with van der Waals surface area (Å²) in [6.45, 7) is 3.12. The normalized spacial score (nSPS) is 11.7. The lowest BCUT2D eigenvalue weighted by Crippen LogP contribution is -2.48. The van der Waals surface area contributed by atoms with Gasteiger partial charge in [0.2, 0.25) is 5.91 Å². The Balaban J connectivity index is 2.20. The number of carbonyl (C=O) groups is 1. The summed E-state index contributed by atoms with van der Waals surface area (Å²) in [6, 6.07) is 1.70. The van der Waals surface area contributed by atoms with Crippen LogP contribution in [0.15, 0.2) is 22.6 Å². The Hall–Kier alpha value is -1.73. The van der Waals surface area contributed by atoms with E-state index in [-0.39, 0.29) is 24.6 Å². The van der Waals surface area contributed by atoms with Crippen LogP contribution in [0, 0.1) is 0 Å². The lowest BCUT2D eigenvalue weighted by molar-refractivity contribution is -0.123. The fourth-order valence-electron chi connectivity index (χ4n) is 1.62. The molecule has 2 aromatic rings. The van der Waals surface area contributed by atoms with Crippen molar-refractivity contribution in [3.05, 3.63) is 28.1 Å². The summed E-state index contributed by atoms with van der Waals surface area (Å²) in [5, 5.41) is 14.0. The van der Waals surface area contributed by atoms with Crippen LogP contribution in [0.2, 0.25) is 0 Å². The van der Waals surface area contributed by atoms with E-state index in [2.05, 4.69) is 10.3 Å². The highest BCUT2D eigenvalue weighted by molar-refractivity contribution is 7.16. The average molecular weight is 281 g/mol. The van der Waals surface area contributed by atoms with Crippen molar-refractivity contribution >= 4 is 27.5 Å². The molecule has 6 nitrogen and oxygen atoms in total. The van der Waals surface area contributed by atoms with Crippen molar-refractivity contribution < 1.29 is 9.90 Å². The number of rotatable bonds is 4. The van der Waals surface area contributed by atoms with E-state index in [1.165, 1.54) is 22.2 Å². The maximum atomic E-state index is 12.1. The molecule has 7 heteroatoms. The van der Waals surface area contributed by atoms with Crippen LogP contribution in [-0.4, -0.2) is 32.7 Å². The van der Waals surface area contributed by atoms with Crippen LogP contribution >= 0.6 is 11.3 Å². The smallest absolute Gasteiger partial charge is 0.262 e. The summed E-state index contributed by atoms with van der Waals surface area (Å²) in [5.41, 5.74) is -0.941. The van der Waals surface area contributed by atoms with Crippen LogP contribution < -0.4 is 10.9 Å². The first-order chi connectivity index (χ1) is 8.93. The van der Waals surface area contributed by atoms with Crippen molar-refractivity contribution in [1.29, 1.82) is 0 Å². The van der Waals surface area contributed by atoms with Gasteiger partial charge < -0.3 is 10.4 Å². The molecule has 19 heavy (non-hydrogen) atoms. The highest BCUT2D eigenvalue weighted by atomic mass is 32.1. The van der Waals surface area contributed by atoms with E-state index in [1.54, 1.807) is 25.3 Å². The second kappa shape index (κ2) is 5.10. The Bertz CT molecular complexity index is 660. The predicted molar refractivity (Wildman–Crippen MR) is 73.2 cm³/mol. The number of nitrogens with one attached hydrogen (secondary N) is 1. The van der Waals surface area contributed by atoms with Crippen molar-refractivity contribution in [3.8, 4) is 0 Å². The molecule has 0 aromatic carbocycles. The SMILES string of the molecule is CC(C)(CO)NC(=O)Cn1cnc2sccc2c1=O. The molecule has 0 atom stereocenters. The van der Waals surface area contributed by atoms with Crippen LogP contribution in [0.3, 0.4) is 0 Å². The summed E-state index contributed by atoms with van der Waals surface area (Å²) in [4.78, 5) is 28.7. The van der Waals surface area contributed by atoms with Crippen LogP contribution in [0.5, 0.6) is 0 Å². The highest BCUT2D eigenvalue weighted by Gasteiger charge is 2.19. The van der Waals surface area contributed by atoms with E-state index >= 15 is 0 Å². The van der Waals surface area contributed by atoms with Gasteiger partial charge in [-0.25, -0.2) is 4.98 Å². The van der Waals surface area contributed by atoms with Crippen LogP contribution in [0.1, 0.15) is 13.8 Å². The third-order valence-corrected chi connectivity index (χ3v) is 3.46. The van der Waals surface area contributed by atoms with Gasteiger partial charge in [0.1, 0.15) is 11.4 Å². The standard InChI is InChI=1S/C12H15N3O3S/c1-12(2,6-16)14-9(17)5-15-7-13-10-8(11(15)18)3-4-19-10/h3-4,7,16H,5-6H2,1-2H3,(H,14,17). The minimum atomic E-state index is -0.708. The molecule has 0 spiro atoms. The summed E-state index contributed by atoms with van der Waals surface area (Å²) >= 11 is 1.38. The molecule has 0 saturated carbocycles. The van der Waals surface area contributed by atoms with E-state index in [0.29, 0.717) is 10.2 Å². The summed E-state index contributed by atoms with van der Waals surface area (Å²) < 4.78 is 1.26. The number of fused-ring (bicyclic) bond motifs is 1. The van der Waals surface area contributed by atoms with Crippen molar-refractivity contribution in [2.45, 2.75) is 25.9 Å². The third-order valence-electron chi connectivity index (χ3n) is 2.64. The zero-order valence-electron chi connectivity index (χ0n) is 10.7. The molecule has 0 aliphatic heterocycles. The molecule has 0 unspecified atom stereocenters. The van der Waals surface area contributed by atoms with Gasteiger partial charge in [0.05, 0.1) is 23.9 Å². The number of hydrogen-bond donors (Lipinski definition) is 2. The van der Waals surface area contributed by atoms with Gasteiger partial charge in [0, 0.05) is 0 Å². The second-order valence-electron chi connectivity index (χ2n) is 4.91. The molecule has 2 heterocycles. The van der Waals surface area contributed by atoms with Crippen molar-refractivity contribution in [2.24, 2.45) is 0 Å². The van der Waals surface area contributed by atoms with Crippen LogP contribution in [0.25, 0.3) is 10.2 Å². The van der Waals surface area contributed by atoms with E-state index in [1.807, 2.05) is 0 Å². The number of amides is 1. The number of carbonyl (C=O) groups excluding carboxylic acids is 1. The predicted octanol–water partition coefficient (Wildman–Crippen LogP) is 0.345. The number of thiophene rings is 1. The van der Waals surface area contributed by atoms with Crippen LogP contribution in [-0.2, 0) is 11.3 Å². The summed E-state index contributed by atoms with van der Waals surface area (Å²) in [7, 11) is 0. The van der Waals surface area contributed by atoms with E-state index in [0.717, 1.165) is 0 Å². The minimum absolute atomic E-state index is 0.110. The van der Waals surface area contributed by atoms with Gasteiger partial charge >= 0.3 is 0 Å². The molecule has 0 bridgehead atoms. The molecule has 0 fully saturated rings. The molecule has 1 amide bonds. The number of aliphatic hydroxyl groups is 1. The number of nitrogens with zero attached hydrogens (tertiary/aromatic N) is 2. The zero-order chi connectivity index (χ0) is 14.0. The van der Waals surface area contributed by atoms with Crippen molar-refractivity contribution in [2.75, 3.05) is 6.61 Å². The van der Waals surface area contributed by atoms with Gasteiger partial charge in [-0.3, -0.25) is 14.2 Å². The largest absolute Gasteiger partial charge is 0.394 e. The lowest BCUT2D eigenvalue weighted by Gasteiger charge is -2.23. The van der Waals surface area contributed by atoms with Gasteiger partial charge in [-0.2, -0.15) is 0 Å². The van der Waals surface area contributed by atoms with Crippen LogP contribution in [0.4, 0.5) is 0 Å². The van der Waals surface area contributed by atoms with Gasteiger partial charge in [0.25, 0.3) is 5.56 Å².